The molecule has 0 aliphatic carbocycles. The summed E-state index contributed by atoms with van der Waals surface area (Å²) >= 11 is 1.55. The summed E-state index contributed by atoms with van der Waals surface area (Å²) < 4.78 is 5.78. The molecule has 2 aromatic rings. The first-order valence-electron chi connectivity index (χ1n) is 7.69. The van der Waals surface area contributed by atoms with Crippen LogP contribution in [0.1, 0.15) is 29.2 Å². The number of nitrogens with one attached hydrogen (secondary N) is 1. The van der Waals surface area contributed by atoms with Crippen LogP contribution in [0.5, 0.6) is 5.75 Å². The van der Waals surface area contributed by atoms with Crippen molar-refractivity contribution >= 4 is 17.4 Å². The van der Waals surface area contributed by atoms with E-state index < -0.39 is 0 Å². The molecule has 1 fully saturated rings. The zero-order chi connectivity index (χ0) is 17.1. The van der Waals surface area contributed by atoms with Crippen LogP contribution in [-0.2, 0) is 0 Å². The van der Waals surface area contributed by atoms with Gasteiger partial charge in [-0.3, -0.25) is 0 Å². The highest BCUT2D eigenvalue weighted by Gasteiger charge is 2.33. The normalized spacial score (nSPS) is 15.3. The fraction of sp³-hybridized carbons (Fsp3) is 0.353. The van der Waals surface area contributed by atoms with E-state index in [-0.39, 0.29) is 18.2 Å². The molecule has 0 saturated carbocycles. The number of carbonyl (C=O) groups excluding carboxylic acids is 1. The molecule has 3 rings (SSSR count). The largest absolute Gasteiger partial charge is 0.487 e. The van der Waals surface area contributed by atoms with Gasteiger partial charge in [0.05, 0.1) is 30.8 Å². The number of aromatic nitrogens is 1. The number of nitrogens with zero attached hydrogens (tertiary/aromatic N) is 3. The molecule has 1 aromatic carbocycles. The zero-order valence-corrected chi connectivity index (χ0v) is 14.3. The molecule has 2 amide bonds. The Labute approximate surface area is 144 Å². The molecule has 0 unspecified atom stereocenters. The second kappa shape index (κ2) is 6.89. The van der Waals surface area contributed by atoms with Crippen molar-refractivity contribution in [3.63, 3.8) is 0 Å². The lowest BCUT2D eigenvalue weighted by Crippen LogP contribution is -2.59. The summed E-state index contributed by atoms with van der Waals surface area (Å²) in [5.74, 6) is 0.714. The SMILES string of the molecule is Cc1csc([C@@H](C)NC(=O)N2CC(Oc3ccc(C#N)cc3)C2)n1. The molecule has 6 nitrogen and oxygen atoms in total. The highest BCUT2D eigenvalue weighted by Crippen LogP contribution is 2.21. The van der Waals surface area contributed by atoms with Gasteiger partial charge in [0, 0.05) is 11.1 Å². The summed E-state index contributed by atoms with van der Waals surface area (Å²) in [4.78, 5) is 18.3. The Morgan fingerprint density at radius 3 is 2.75 bits per heavy atom. The van der Waals surface area contributed by atoms with E-state index in [0.717, 1.165) is 10.7 Å². The van der Waals surface area contributed by atoms with Gasteiger partial charge in [-0.25, -0.2) is 9.78 Å². The van der Waals surface area contributed by atoms with E-state index >= 15 is 0 Å². The van der Waals surface area contributed by atoms with Gasteiger partial charge in [-0.15, -0.1) is 11.3 Å². The number of urea groups is 1. The van der Waals surface area contributed by atoms with Crippen LogP contribution in [0, 0.1) is 18.3 Å². The van der Waals surface area contributed by atoms with Crippen LogP contribution in [0.15, 0.2) is 29.6 Å². The predicted octanol–water partition coefficient (Wildman–Crippen LogP) is 2.86. The van der Waals surface area contributed by atoms with Gasteiger partial charge in [0.2, 0.25) is 0 Å². The number of hydrogen-bond donors (Lipinski definition) is 1. The number of amides is 2. The topological polar surface area (TPSA) is 78.3 Å². The number of nitriles is 1. The van der Waals surface area contributed by atoms with Crippen molar-refractivity contribution in [2.75, 3.05) is 13.1 Å². The molecule has 0 bridgehead atoms. The van der Waals surface area contributed by atoms with Gasteiger partial charge in [-0.1, -0.05) is 0 Å². The molecule has 2 heterocycles. The van der Waals surface area contributed by atoms with Crippen LogP contribution in [0.4, 0.5) is 4.79 Å². The van der Waals surface area contributed by atoms with Gasteiger partial charge in [-0.2, -0.15) is 5.26 Å². The minimum atomic E-state index is -0.102. The maximum absolute atomic E-state index is 12.2. The lowest BCUT2D eigenvalue weighted by atomic mass is 10.1. The number of benzene rings is 1. The Bertz CT molecular complexity index is 760. The minimum Gasteiger partial charge on any atom is -0.487 e. The predicted molar refractivity (Wildman–Crippen MR) is 90.9 cm³/mol. The number of likely N-dealkylation sites (tertiary alicyclic amines) is 1. The molecular weight excluding hydrogens is 324 g/mol. The summed E-state index contributed by atoms with van der Waals surface area (Å²) in [6, 6.07) is 8.85. The Kier molecular flexibility index (Phi) is 4.67. The van der Waals surface area contributed by atoms with Crippen molar-refractivity contribution in [2.45, 2.75) is 26.0 Å². The Morgan fingerprint density at radius 1 is 1.46 bits per heavy atom. The van der Waals surface area contributed by atoms with Crippen molar-refractivity contribution in [3.05, 3.63) is 45.9 Å². The van der Waals surface area contributed by atoms with E-state index in [1.807, 2.05) is 19.2 Å². The van der Waals surface area contributed by atoms with E-state index in [1.165, 1.54) is 0 Å². The highest BCUT2D eigenvalue weighted by atomic mass is 32.1. The van der Waals surface area contributed by atoms with Crippen molar-refractivity contribution in [3.8, 4) is 11.8 Å². The summed E-state index contributed by atoms with van der Waals surface area (Å²) in [6.07, 6.45) is -0.0129. The van der Waals surface area contributed by atoms with E-state index in [2.05, 4.69) is 16.4 Å². The fourth-order valence-corrected chi connectivity index (χ4v) is 3.19. The molecule has 24 heavy (non-hydrogen) atoms. The molecule has 1 aliphatic rings. The maximum Gasteiger partial charge on any atom is 0.318 e. The van der Waals surface area contributed by atoms with Gasteiger partial charge in [0.1, 0.15) is 16.9 Å². The van der Waals surface area contributed by atoms with Crippen molar-refractivity contribution in [1.29, 1.82) is 5.26 Å². The van der Waals surface area contributed by atoms with Crippen molar-refractivity contribution in [2.24, 2.45) is 0 Å². The molecule has 0 spiro atoms. The van der Waals surface area contributed by atoms with E-state index in [4.69, 9.17) is 10.00 Å². The number of hydrogen-bond acceptors (Lipinski definition) is 5. The first-order chi connectivity index (χ1) is 11.5. The van der Waals surface area contributed by atoms with Crippen LogP contribution in [0.25, 0.3) is 0 Å². The number of aryl methyl sites for hydroxylation is 1. The van der Waals surface area contributed by atoms with Crippen LogP contribution in [0.3, 0.4) is 0 Å². The van der Waals surface area contributed by atoms with E-state index in [0.29, 0.717) is 24.4 Å². The number of rotatable bonds is 4. The number of carbonyl (C=O) groups is 1. The zero-order valence-electron chi connectivity index (χ0n) is 13.5. The average Bonchev–Trinajstić information content (AvgIpc) is 2.97. The molecule has 1 aromatic heterocycles. The van der Waals surface area contributed by atoms with E-state index in [1.54, 1.807) is 40.5 Å². The average molecular weight is 342 g/mol. The lowest BCUT2D eigenvalue weighted by Gasteiger charge is -2.39. The Balaban J connectivity index is 1.45. The highest BCUT2D eigenvalue weighted by molar-refractivity contribution is 7.09. The second-order valence-electron chi connectivity index (χ2n) is 5.78. The van der Waals surface area contributed by atoms with Crippen LogP contribution >= 0.6 is 11.3 Å². The Hall–Kier alpha value is -2.59. The molecule has 1 aliphatic heterocycles. The Morgan fingerprint density at radius 2 is 2.17 bits per heavy atom. The first-order valence-corrected chi connectivity index (χ1v) is 8.57. The van der Waals surface area contributed by atoms with Crippen LogP contribution in [-0.4, -0.2) is 35.1 Å². The monoisotopic (exact) mass is 342 g/mol. The maximum atomic E-state index is 12.2. The molecule has 0 radical (unpaired) electrons. The molecule has 1 atom stereocenters. The third kappa shape index (κ3) is 3.66. The molecular formula is C17H18N4O2S. The molecule has 7 heteroatoms. The number of ether oxygens (including phenoxy) is 1. The lowest BCUT2D eigenvalue weighted by molar-refractivity contribution is 0.0436. The van der Waals surface area contributed by atoms with Gasteiger partial charge < -0.3 is 15.0 Å². The number of thiazole rings is 1. The van der Waals surface area contributed by atoms with Gasteiger partial charge in [0.25, 0.3) is 0 Å². The smallest absolute Gasteiger partial charge is 0.318 e. The van der Waals surface area contributed by atoms with E-state index in [9.17, 15) is 4.79 Å². The molecule has 124 valence electrons. The molecule has 1 N–H and O–H groups in total. The van der Waals surface area contributed by atoms with Crippen LogP contribution < -0.4 is 10.1 Å². The summed E-state index contributed by atoms with van der Waals surface area (Å²) in [6.45, 7) is 4.97. The van der Waals surface area contributed by atoms with Crippen LogP contribution in [0.2, 0.25) is 0 Å². The first kappa shape index (κ1) is 16.3. The fourth-order valence-electron chi connectivity index (χ4n) is 2.39. The van der Waals surface area contributed by atoms with Crippen molar-refractivity contribution in [1.82, 2.24) is 15.2 Å². The third-order valence-electron chi connectivity index (χ3n) is 3.77. The quantitative estimate of drug-likeness (QED) is 0.927. The standard InChI is InChI=1S/C17H18N4O2S/c1-11-10-24-16(19-11)12(2)20-17(22)21-8-15(9-21)23-14-5-3-13(7-18)4-6-14/h3-6,10,12,15H,8-9H2,1-2H3,(H,20,22)/t12-/m1/s1. The molecule has 1 saturated heterocycles. The van der Waals surface area contributed by atoms with Gasteiger partial charge >= 0.3 is 6.03 Å². The van der Waals surface area contributed by atoms with Gasteiger partial charge in [0.15, 0.2) is 0 Å². The second-order valence-corrected chi connectivity index (χ2v) is 6.67. The van der Waals surface area contributed by atoms with Crippen molar-refractivity contribution < 1.29 is 9.53 Å². The summed E-state index contributed by atoms with van der Waals surface area (Å²) in [5.41, 5.74) is 1.57. The minimum absolute atomic E-state index is 0.0129. The van der Waals surface area contributed by atoms with Gasteiger partial charge in [-0.05, 0) is 38.1 Å². The third-order valence-corrected chi connectivity index (χ3v) is 4.91. The summed E-state index contributed by atoms with van der Waals surface area (Å²) in [7, 11) is 0. The summed E-state index contributed by atoms with van der Waals surface area (Å²) in [5, 5.41) is 14.6.